The van der Waals surface area contributed by atoms with Gasteiger partial charge in [-0.25, -0.2) is 0 Å². The number of rotatable bonds is 3. The summed E-state index contributed by atoms with van der Waals surface area (Å²) >= 11 is 0. The van der Waals surface area contributed by atoms with E-state index in [2.05, 4.69) is 243 Å². The fourth-order valence-corrected chi connectivity index (χ4v) is 14.4. The van der Waals surface area contributed by atoms with Crippen LogP contribution in [0, 0.1) is 5.92 Å². The maximum atomic E-state index is 2.66. The van der Waals surface area contributed by atoms with E-state index in [0.717, 1.165) is 0 Å². The lowest BCUT2D eigenvalue weighted by Gasteiger charge is -2.40. The zero-order valence-electron chi connectivity index (χ0n) is 37.0. The van der Waals surface area contributed by atoms with Gasteiger partial charge in [0.1, 0.15) is 0 Å². The van der Waals surface area contributed by atoms with Gasteiger partial charge in [-0.1, -0.05) is 208 Å². The third kappa shape index (κ3) is 4.24. The van der Waals surface area contributed by atoms with Gasteiger partial charge in [0.05, 0.1) is 10.8 Å². The fourth-order valence-electron chi connectivity index (χ4n) is 14.4. The van der Waals surface area contributed by atoms with Gasteiger partial charge in [0.2, 0.25) is 0 Å². The smallest absolute Gasteiger partial charge is 0.0726 e. The quantitative estimate of drug-likeness (QED) is 0.171. The molecule has 0 aromatic heterocycles. The zero-order chi connectivity index (χ0) is 43.5. The molecule has 66 heavy (non-hydrogen) atoms. The van der Waals surface area contributed by atoms with Crippen molar-refractivity contribution < 1.29 is 0 Å². The Bertz CT molecular complexity index is 3560. The van der Waals surface area contributed by atoms with Crippen LogP contribution < -0.4 is 4.90 Å². The van der Waals surface area contributed by atoms with Crippen molar-refractivity contribution in [1.82, 2.24) is 0 Å². The molecule has 6 aliphatic carbocycles. The molecule has 0 saturated carbocycles. The number of hydrogen-bond acceptors (Lipinski definition) is 1. The van der Waals surface area contributed by atoms with E-state index in [4.69, 9.17) is 0 Å². The predicted molar refractivity (Wildman–Crippen MR) is 271 cm³/mol. The molecule has 6 aliphatic rings. The number of allylic oxidation sites excluding steroid dienone is 4. The first-order chi connectivity index (χ1) is 32.5. The van der Waals surface area contributed by atoms with E-state index >= 15 is 0 Å². The molecule has 0 heterocycles. The Morgan fingerprint density at radius 3 is 1.30 bits per heavy atom. The average Bonchev–Trinajstić information content (AvgIpc) is 4.10. The standard InChI is InChI=1S/C65H45N/c1-63(2)51-25-10-3-18-42(51)48-36-34-40(38-59(48)63)66(41-35-37-49-47-23-8-15-30-56(47)65(60(49)39-41)54-28-13-6-21-45(54)46-22-7-14-29-55(46)65)61-33-17-32-58-62(61)50-24-9-16-31-57(50)64(58)52-26-11-4-19-43(52)44-20-5-12-27-53(44)64/h3-39,58,62H,1-2H3. The van der Waals surface area contributed by atoms with Crippen LogP contribution in [0.4, 0.5) is 11.4 Å². The van der Waals surface area contributed by atoms with E-state index in [1.165, 1.54) is 117 Å². The molecule has 1 heteroatoms. The zero-order valence-corrected chi connectivity index (χ0v) is 37.0. The molecular formula is C65H45N. The average molecular weight is 840 g/mol. The number of nitrogens with zero attached hydrogens (tertiary/aromatic N) is 1. The van der Waals surface area contributed by atoms with Crippen molar-refractivity contribution in [3.05, 3.63) is 286 Å². The first-order valence-electron chi connectivity index (χ1n) is 23.7. The molecule has 0 radical (unpaired) electrons. The first kappa shape index (κ1) is 36.6. The molecular weight excluding hydrogens is 795 g/mol. The van der Waals surface area contributed by atoms with Crippen molar-refractivity contribution in [2.45, 2.75) is 36.0 Å². The monoisotopic (exact) mass is 839 g/mol. The highest BCUT2D eigenvalue weighted by atomic mass is 15.2. The molecule has 2 unspecified atom stereocenters. The fraction of sp³-hybridized carbons (Fsp3) is 0.108. The van der Waals surface area contributed by atoms with Crippen molar-refractivity contribution >= 4 is 11.4 Å². The van der Waals surface area contributed by atoms with Crippen LogP contribution in [0.25, 0.3) is 44.5 Å². The van der Waals surface area contributed by atoms with Crippen molar-refractivity contribution in [2.75, 3.05) is 4.90 Å². The summed E-state index contributed by atoms with van der Waals surface area (Å²) in [5.74, 6) is 0.229. The normalized spacial score (nSPS) is 18.8. The van der Waals surface area contributed by atoms with Gasteiger partial charge >= 0.3 is 0 Å². The Morgan fingerprint density at radius 1 is 0.364 bits per heavy atom. The number of anilines is 2. The van der Waals surface area contributed by atoms with Crippen LogP contribution in [-0.2, 0) is 16.2 Å². The summed E-state index contributed by atoms with van der Waals surface area (Å²) < 4.78 is 0. The summed E-state index contributed by atoms with van der Waals surface area (Å²) in [6.07, 6.45) is 7.35. The summed E-state index contributed by atoms with van der Waals surface area (Å²) in [6.45, 7) is 4.81. The third-order valence-corrected chi connectivity index (χ3v) is 16.8. The van der Waals surface area contributed by atoms with Crippen LogP contribution in [0.5, 0.6) is 0 Å². The van der Waals surface area contributed by atoms with E-state index in [9.17, 15) is 0 Å². The van der Waals surface area contributed by atoms with Crippen LogP contribution in [0.1, 0.15) is 75.4 Å². The SMILES string of the molecule is CC1(C)c2ccccc2-c2ccc(N(C3=CC=CC4C3c3ccccc3C43c4ccccc4-c4ccccc43)c3ccc4c(c3)C3(c5ccccc5-c5ccccc53)c3ccccc3-4)cc21. The molecule has 0 amide bonds. The van der Waals surface area contributed by atoms with Crippen LogP contribution in [0.3, 0.4) is 0 Å². The molecule has 0 aliphatic heterocycles. The molecule has 0 saturated heterocycles. The van der Waals surface area contributed by atoms with Gasteiger partial charge in [-0.15, -0.1) is 0 Å². The Balaban J connectivity index is 1.000. The van der Waals surface area contributed by atoms with Crippen molar-refractivity contribution in [1.29, 1.82) is 0 Å². The van der Waals surface area contributed by atoms with Gasteiger partial charge < -0.3 is 4.90 Å². The van der Waals surface area contributed by atoms with E-state index in [-0.39, 0.29) is 22.7 Å². The summed E-state index contributed by atoms with van der Waals surface area (Å²) in [5.41, 5.74) is 27.3. The highest BCUT2D eigenvalue weighted by Gasteiger charge is 2.59. The van der Waals surface area contributed by atoms with Crippen molar-refractivity contribution in [3.8, 4) is 44.5 Å². The van der Waals surface area contributed by atoms with Crippen LogP contribution in [0.15, 0.2) is 230 Å². The molecule has 1 nitrogen and oxygen atoms in total. The summed E-state index contributed by atoms with van der Waals surface area (Å²) in [5, 5.41) is 0. The maximum absolute atomic E-state index is 2.66. The Morgan fingerprint density at radius 2 is 0.758 bits per heavy atom. The molecule has 2 spiro atoms. The number of fused-ring (bicyclic) bond motifs is 23. The van der Waals surface area contributed by atoms with Crippen LogP contribution >= 0.6 is 0 Å². The van der Waals surface area contributed by atoms with Gasteiger partial charge in [0.25, 0.3) is 0 Å². The maximum Gasteiger partial charge on any atom is 0.0726 e. The van der Waals surface area contributed by atoms with E-state index in [1.807, 2.05) is 0 Å². The number of benzene rings is 9. The largest absolute Gasteiger partial charge is 0.314 e. The lowest BCUT2D eigenvalue weighted by atomic mass is 9.65. The minimum atomic E-state index is -0.451. The molecule has 9 aromatic rings. The Kier molecular flexibility index (Phi) is 7.06. The van der Waals surface area contributed by atoms with Crippen LogP contribution in [0.2, 0.25) is 0 Å². The topological polar surface area (TPSA) is 3.24 Å². The highest BCUT2D eigenvalue weighted by Crippen LogP contribution is 2.68. The molecule has 0 N–H and O–H groups in total. The van der Waals surface area contributed by atoms with Gasteiger partial charge in [-0.3, -0.25) is 0 Å². The summed E-state index contributed by atoms with van der Waals surface area (Å²) in [6, 6.07) is 79.1. The number of hydrogen-bond donors (Lipinski definition) is 0. The van der Waals surface area contributed by atoms with Crippen molar-refractivity contribution in [3.63, 3.8) is 0 Å². The van der Waals surface area contributed by atoms with Gasteiger partial charge in [-0.2, -0.15) is 0 Å². The van der Waals surface area contributed by atoms with Gasteiger partial charge in [0.15, 0.2) is 0 Å². The minimum Gasteiger partial charge on any atom is -0.314 e. The first-order valence-corrected chi connectivity index (χ1v) is 23.7. The van der Waals surface area contributed by atoms with Crippen molar-refractivity contribution in [2.24, 2.45) is 5.92 Å². The molecule has 310 valence electrons. The van der Waals surface area contributed by atoms with E-state index in [1.54, 1.807) is 0 Å². The molecule has 0 fully saturated rings. The minimum absolute atomic E-state index is 0.0798. The molecule has 0 bridgehead atoms. The highest BCUT2D eigenvalue weighted by molar-refractivity contribution is 5.96. The lowest BCUT2D eigenvalue weighted by Crippen LogP contribution is -2.35. The third-order valence-electron chi connectivity index (χ3n) is 16.8. The summed E-state index contributed by atoms with van der Waals surface area (Å²) in [7, 11) is 0. The second-order valence-electron chi connectivity index (χ2n) is 19.8. The summed E-state index contributed by atoms with van der Waals surface area (Å²) in [4.78, 5) is 2.66. The molecule has 15 rings (SSSR count). The van der Waals surface area contributed by atoms with Gasteiger partial charge in [0, 0.05) is 34.3 Å². The van der Waals surface area contributed by atoms with E-state index in [0.29, 0.717) is 0 Å². The Labute approximate surface area is 386 Å². The Hall–Kier alpha value is -7.74. The lowest BCUT2D eigenvalue weighted by molar-refractivity contribution is 0.451. The van der Waals surface area contributed by atoms with E-state index < -0.39 is 5.41 Å². The molecule has 2 atom stereocenters. The molecule has 9 aromatic carbocycles. The van der Waals surface area contributed by atoms with Gasteiger partial charge in [-0.05, 0) is 130 Å². The second kappa shape index (κ2) is 12.7. The predicted octanol–water partition coefficient (Wildman–Crippen LogP) is 15.7. The van der Waals surface area contributed by atoms with Crippen LogP contribution in [-0.4, -0.2) is 0 Å². The second-order valence-corrected chi connectivity index (χ2v) is 19.8.